The number of hydrogen-bond acceptors (Lipinski definition) is 1. The summed E-state index contributed by atoms with van der Waals surface area (Å²) in [6.45, 7) is 18.2. The summed E-state index contributed by atoms with van der Waals surface area (Å²) in [4.78, 5) is 0. The van der Waals surface area contributed by atoms with Gasteiger partial charge >= 0.3 is 0 Å². The van der Waals surface area contributed by atoms with Gasteiger partial charge < -0.3 is 5.41 Å². The van der Waals surface area contributed by atoms with Crippen molar-refractivity contribution in [3.05, 3.63) is 138 Å². The van der Waals surface area contributed by atoms with E-state index in [-0.39, 0.29) is 0 Å². The van der Waals surface area contributed by atoms with Gasteiger partial charge in [-0.1, -0.05) is 110 Å². The van der Waals surface area contributed by atoms with Crippen LogP contribution in [0.25, 0.3) is 17.2 Å². The fraction of sp³-hybridized carbons (Fsp3) is 0.129. The van der Waals surface area contributed by atoms with Crippen LogP contribution in [0.1, 0.15) is 42.5 Å². The maximum absolute atomic E-state index is 8.39. The Hall–Kier alpha value is -3.71. The highest BCUT2D eigenvalue weighted by atomic mass is 14.4. The van der Waals surface area contributed by atoms with Crippen molar-refractivity contribution in [2.45, 2.75) is 27.2 Å². The molecule has 0 aliphatic rings. The average molecular weight is 420 g/mol. The predicted molar refractivity (Wildman–Crippen MR) is 144 cm³/mol. The number of rotatable bonds is 10. The summed E-state index contributed by atoms with van der Waals surface area (Å²) in [6.07, 6.45) is 14.4. The van der Waals surface area contributed by atoms with Crippen LogP contribution in [-0.2, 0) is 0 Å². The van der Waals surface area contributed by atoms with Gasteiger partial charge in [0.25, 0.3) is 0 Å². The normalized spacial score (nSPS) is 12.3. The van der Waals surface area contributed by atoms with Crippen LogP contribution in [0.5, 0.6) is 0 Å². The lowest BCUT2D eigenvalue weighted by Crippen LogP contribution is -1.94. The first-order chi connectivity index (χ1) is 15.3. The summed E-state index contributed by atoms with van der Waals surface area (Å²) in [7, 11) is 0. The van der Waals surface area contributed by atoms with E-state index >= 15 is 0 Å². The van der Waals surface area contributed by atoms with Crippen LogP contribution in [0.2, 0.25) is 0 Å². The molecule has 0 spiro atoms. The third kappa shape index (κ3) is 7.21. The van der Waals surface area contributed by atoms with Gasteiger partial charge in [-0.25, -0.2) is 0 Å². The van der Waals surface area contributed by atoms with E-state index in [4.69, 9.17) is 5.41 Å². The van der Waals surface area contributed by atoms with Gasteiger partial charge in [0.1, 0.15) is 0 Å². The number of nitrogens with one attached hydrogen (secondary N) is 1. The lowest BCUT2D eigenvalue weighted by Gasteiger charge is -2.08. The van der Waals surface area contributed by atoms with Crippen LogP contribution in [-0.4, -0.2) is 5.71 Å². The first-order valence-corrected chi connectivity index (χ1v) is 10.8. The fourth-order valence-electron chi connectivity index (χ4n) is 3.42. The Labute approximate surface area is 193 Å². The lowest BCUT2D eigenvalue weighted by atomic mass is 9.97. The van der Waals surface area contributed by atoms with Crippen LogP contribution in [0, 0.1) is 12.3 Å². The third-order valence-electron chi connectivity index (χ3n) is 5.04. The van der Waals surface area contributed by atoms with Gasteiger partial charge in [0.15, 0.2) is 0 Å². The van der Waals surface area contributed by atoms with E-state index in [0.717, 1.165) is 33.4 Å². The van der Waals surface area contributed by atoms with Crippen molar-refractivity contribution >= 4 is 22.9 Å². The number of aryl methyl sites for hydroxylation is 1. The summed E-state index contributed by atoms with van der Waals surface area (Å²) in [5, 5.41) is 8.39. The second-order valence-electron chi connectivity index (χ2n) is 7.82. The SMILES string of the molecule is C=Cc1ccccc1C(=C\C)/C=C/C(=N)CC(=C)/C=C/C(=C/C(=C)C)c1ccccc1C. The molecule has 0 radical (unpaired) electrons. The molecule has 1 N–H and O–H groups in total. The van der Waals surface area contributed by atoms with Crippen LogP contribution >= 0.6 is 0 Å². The number of allylic oxidation sites excluding steroid dienone is 10. The molecule has 2 rings (SSSR count). The zero-order chi connectivity index (χ0) is 23.5. The number of hydrogen-bond donors (Lipinski definition) is 1. The van der Waals surface area contributed by atoms with Gasteiger partial charge in [0.05, 0.1) is 0 Å². The lowest BCUT2D eigenvalue weighted by molar-refractivity contribution is 1.32. The molecule has 1 heteroatoms. The monoisotopic (exact) mass is 419 g/mol. The molecule has 0 saturated carbocycles. The fourth-order valence-corrected chi connectivity index (χ4v) is 3.42. The first-order valence-electron chi connectivity index (χ1n) is 10.8. The summed E-state index contributed by atoms with van der Waals surface area (Å²) in [5.41, 5.74) is 9.13. The average Bonchev–Trinajstić information content (AvgIpc) is 2.77. The molecule has 0 bridgehead atoms. The first kappa shape index (κ1) is 24.6. The van der Waals surface area contributed by atoms with Crippen molar-refractivity contribution in [2.24, 2.45) is 0 Å². The minimum Gasteiger partial charge on any atom is -0.305 e. The highest BCUT2D eigenvalue weighted by Gasteiger charge is 2.04. The van der Waals surface area contributed by atoms with Crippen molar-refractivity contribution in [2.75, 3.05) is 0 Å². The minimum atomic E-state index is 0.487. The summed E-state index contributed by atoms with van der Waals surface area (Å²) in [6, 6.07) is 16.4. The summed E-state index contributed by atoms with van der Waals surface area (Å²) < 4.78 is 0. The van der Waals surface area contributed by atoms with Gasteiger partial charge in [0, 0.05) is 12.1 Å². The van der Waals surface area contributed by atoms with E-state index < -0.39 is 0 Å². The van der Waals surface area contributed by atoms with E-state index in [0.29, 0.717) is 12.1 Å². The number of benzene rings is 2. The highest BCUT2D eigenvalue weighted by molar-refractivity contribution is 5.97. The molecule has 162 valence electrons. The molecule has 2 aromatic carbocycles. The Balaban J connectivity index is 2.12. The van der Waals surface area contributed by atoms with Gasteiger partial charge in [-0.05, 0) is 65.8 Å². The van der Waals surface area contributed by atoms with Crippen molar-refractivity contribution in [1.82, 2.24) is 0 Å². The van der Waals surface area contributed by atoms with E-state index in [9.17, 15) is 0 Å². The van der Waals surface area contributed by atoms with E-state index in [1.807, 2.05) is 68.5 Å². The van der Waals surface area contributed by atoms with E-state index in [1.165, 1.54) is 11.1 Å². The standard InChI is InChI=1S/C31H33N/c1-7-26-14-10-12-16-31(26)27(8-2)19-20-29(32)22-24(5)17-18-28(21-23(3)4)30-15-11-9-13-25(30)6/h7-21,32H,1,3,5,22H2,2,4,6H3/b18-17+,20-19+,27-8-,28-21-,32-29?. The maximum Gasteiger partial charge on any atom is 0.0357 e. The summed E-state index contributed by atoms with van der Waals surface area (Å²) in [5.74, 6) is 0. The predicted octanol–water partition coefficient (Wildman–Crippen LogP) is 8.78. The molecular formula is C31H33N. The second kappa shape index (κ2) is 12.2. The maximum atomic E-state index is 8.39. The highest BCUT2D eigenvalue weighted by Crippen LogP contribution is 2.23. The third-order valence-corrected chi connectivity index (χ3v) is 5.04. The Morgan fingerprint density at radius 1 is 0.875 bits per heavy atom. The van der Waals surface area contributed by atoms with Gasteiger partial charge in [0.2, 0.25) is 0 Å². The molecule has 0 heterocycles. The van der Waals surface area contributed by atoms with Crippen molar-refractivity contribution in [3.63, 3.8) is 0 Å². The molecule has 0 amide bonds. The molecule has 0 unspecified atom stereocenters. The Bertz CT molecular complexity index is 1130. The molecule has 0 atom stereocenters. The molecular weight excluding hydrogens is 386 g/mol. The topological polar surface area (TPSA) is 23.9 Å². The largest absolute Gasteiger partial charge is 0.305 e. The molecule has 2 aromatic rings. The van der Waals surface area contributed by atoms with Gasteiger partial charge in [-0.2, -0.15) is 0 Å². The Morgan fingerprint density at radius 2 is 1.50 bits per heavy atom. The zero-order valence-corrected chi connectivity index (χ0v) is 19.5. The van der Waals surface area contributed by atoms with E-state index in [2.05, 4.69) is 63.1 Å². The van der Waals surface area contributed by atoms with Crippen LogP contribution in [0.3, 0.4) is 0 Å². The Kier molecular flexibility index (Phi) is 9.38. The van der Waals surface area contributed by atoms with Crippen molar-refractivity contribution < 1.29 is 0 Å². The van der Waals surface area contributed by atoms with Gasteiger partial charge in [-0.15, -0.1) is 0 Å². The molecule has 0 saturated heterocycles. The smallest absolute Gasteiger partial charge is 0.0357 e. The molecule has 0 aromatic heterocycles. The summed E-state index contributed by atoms with van der Waals surface area (Å²) >= 11 is 0. The van der Waals surface area contributed by atoms with Gasteiger partial charge in [-0.3, -0.25) is 0 Å². The van der Waals surface area contributed by atoms with Crippen LogP contribution < -0.4 is 0 Å². The zero-order valence-electron chi connectivity index (χ0n) is 19.5. The molecule has 0 aliphatic carbocycles. The Morgan fingerprint density at radius 3 is 2.12 bits per heavy atom. The molecule has 1 nitrogen and oxygen atoms in total. The quantitative estimate of drug-likeness (QED) is 0.294. The molecule has 0 fully saturated rings. The van der Waals surface area contributed by atoms with Crippen molar-refractivity contribution in [1.29, 1.82) is 5.41 Å². The van der Waals surface area contributed by atoms with Crippen molar-refractivity contribution in [3.8, 4) is 0 Å². The molecule has 32 heavy (non-hydrogen) atoms. The van der Waals surface area contributed by atoms with E-state index in [1.54, 1.807) is 0 Å². The van der Waals surface area contributed by atoms with Crippen LogP contribution in [0.15, 0.2) is 116 Å². The second-order valence-corrected chi connectivity index (χ2v) is 7.82. The minimum absolute atomic E-state index is 0.487. The van der Waals surface area contributed by atoms with Crippen LogP contribution in [0.4, 0.5) is 0 Å². The molecule has 0 aliphatic heterocycles.